The molecule has 1 aromatic heterocycles. The smallest absolute Gasteiger partial charge is 0.405 e. The molecule has 0 saturated heterocycles. The van der Waals surface area contributed by atoms with Crippen molar-refractivity contribution in [3.8, 4) is 17.0 Å². The number of methoxy groups -OCH3 is 1. The molecule has 1 heterocycles. The minimum absolute atomic E-state index is 0.349. The maximum absolute atomic E-state index is 14.7. The van der Waals surface area contributed by atoms with Crippen molar-refractivity contribution in [1.82, 2.24) is 4.98 Å². The van der Waals surface area contributed by atoms with Gasteiger partial charge in [0, 0.05) is 23.2 Å². The van der Waals surface area contributed by atoms with Crippen LogP contribution in [-0.4, -0.2) is 18.2 Å². The minimum atomic E-state index is -0.857. The van der Waals surface area contributed by atoms with Crippen molar-refractivity contribution in [2.75, 3.05) is 7.11 Å². The van der Waals surface area contributed by atoms with Crippen LogP contribution in [0.2, 0.25) is 0 Å². The van der Waals surface area contributed by atoms with E-state index < -0.39 is 18.0 Å². The van der Waals surface area contributed by atoms with Gasteiger partial charge < -0.3 is 15.2 Å². The molecule has 1 unspecified atom stereocenters. The number of primary amides is 1. The Morgan fingerprint density at radius 3 is 2.79 bits per heavy atom. The summed E-state index contributed by atoms with van der Waals surface area (Å²) in [6.07, 6.45) is 0.823. The van der Waals surface area contributed by atoms with E-state index in [0.29, 0.717) is 29.0 Å². The number of rotatable bonds is 3. The van der Waals surface area contributed by atoms with Crippen LogP contribution in [-0.2, 0) is 11.2 Å². The molecule has 0 saturated carbocycles. The largest absolute Gasteiger partial charge is 0.481 e. The molecule has 1 aromatic carbocycles. The number of hydrogen-bond donors (Lipinski definition) is 1. The zero-order valence-corrected chi connectivity index (χ0v) is 13.8. The zero-order chi connectivity index (χ0) is 17.5. The zero-order valence-electron chi connectivity index (χ0n) is 13.8. The van der Waals surface area contributed by atoms with Gasteiger partial charge in [0.1, 0.15) is 11.9 Å². The Morgan fingerprint density at radius 1 is 1.38 bits per heavy atom. The first-order valence-electron chi connectivity index (χ1n) is 7.60. The lowest BCUT2D eigenvalue weighted by molar-refractivity contribution is 0.0391. The third kappa shape index (κ3) is 2.79. The van der Waals surface area contributed by atoms with Gasteiger partial charge in [-0.1, -0.05) is 13.8 Å². The van der Waals surface area contributed by atoms with Crippen LogP contribution in [0.15, 0.2) is 30.5 Å². The summed E-state index contributed by atoms with van der Waals surface area (Å²) in [5.74, 6) is 0.0282. The van der Waals surface area contributed by atoms with Crippen LogP contribution in [0.3, 0.4) is 0 Å². The van der Waals surface area contributed by atoms with Crippen LogP contribution in [0.5, 0.6) is 5.88 Å². The van der Waals surface area contributed by atoms with Crippen LogP contribution >= 0.6 is 0 Å². The first kappa shape index (κ1) is 16.2. The van der Waals surface area contributed by atoms with Gasteiger partial charge in [0.25, 0.3) is 0 Å². The highest BCUT2D eigenvalue weighted by Crippen LogP contribution is 2.48. The highest BCUT2D eigenvalue weighted by Gasteiger charge is 2.42. The van der Waals surface area contributed by atoms with E-state index in [2.05, 4.69) is 4.98 Å². The molecular weight excluding hydrogens is 311 g/mol. The number of carbonyl (C=O) groups excluding carboxylic acids is 1. The molecule has 6 heteroatoms. The Morgan fingerprint density at radius 2 is 2.12 bits per heavy atom. The van der Waals surface area contributed by atoms with E-state index in [9.17, 15) is 9.18 Å². The molecule has 24 heavy (non-hydrogen) atoms. The summed E-state index contributed by atoms with van der Waals surface area (Å²) < 4.78 is 25.0. The summed E-state index contributed by atoms with van der Waals surface area (Å²) in [6, 6.07) is 6.64. The summed E-state index contributed by atoms with van der Waals surface area (Å²) >= 11 is 0. The highest BCUT2D eigenvalue weighted by atomic mass is 19.1. The van der Waals surface area contributed by atoms with Gasteiger partial charge in [-0.05, 0) is 41.3 Å². The first-order valence-corrected chi connectivity index (χ1v) is 7.60. The molecule has 1 aliphatic carbocycles. The van der Waals surface area contributed by atoms with E-state index >= 15 is 0 Å². The number of ether oxygens (including phenoxy) is 2. The molecule has 126 valence electrons. The fraction of sp³-hybridized carbons (Fsp3) is 0.333. The number of carbonyl (C=O) groups is 1. The number of nitrogens with zero attached hydrogens (tertiary/aromatic N) is 1. The second kappa shape index (κ2) is 5.78. The van der Waals surface area contributed by atoms with Crippen molar-refractivity contribution < 1.29 is 18.7 Å². The molecule has 0 spiro atoms. The van der Waals surface area contributed by atoms with E-state index in [1.165, 1.54) is 13.2 Å². The van der Waals surface area contributed by atoms with Gasteiger partial charge in [-0.15, -0.1) is 0 Å². The second-order valence-electron chi connectivity index (χ2n) is 6.60. The number of aromatic nitrogens is 1. The van der Waals surface area contributed by atoms with Gasteiger partial charge in [-0.3, -0.25) is 0 Å². The number of hydrogen-bond acceptors (Lipinski definition) is 4. The van der Waals surface area contributed by atoms with E-state index in [1.807, 2.05) is 13.8 Å². The molecule has 2 aromatic rings. The summed E-state index contributed by atoms with van der Waals surface area (Å²) in [7, 11) is 1.51. The standard InChI is InChI=1S/C18H19FN2O3/c1-18(2)9-11-6-12(10-4-5-21-15(7-10)23-3)14(19)8-13(11)16(18)24-17(20)22/h4-8,16H,9H2,1-3H3,(H2,20,22). The average Bonchev–Trinajstić information content (AvgIpc) is 2.76. The lowest BCUT2D eigenvalue weighted by atomic mass is 9.87. The monoisotopic (exact) mass is 330 g/mol. The van der Waals surface area contributed by atoms with Gasteiger partial charge in [0.2, 0.25) is 5.88 Å². The van der Waals surface area contributed by atoms with Crippen LogP contribution in [0.4, 0.5) is 9.18 Å². The quantitative estimate of drug-likeness (QED) is 0.933. The fourth-order valence-corrected chi connectivity index (χ4v) is 3.28. The Kier molecular flexibility index (Phi) is 3.91. The average molecular weight is 330 g/mol. The molecule has 2 N–H and O–H groups in total. The Bertz CT molecular complexity index is 805. The number of pyridine rings is 1. The molecule has 3 rings (SSSR count). The van der Waals surface area contributed by atoms with Crippen LogP contribution in [0.1, 0.15) is 31.1 Å². The Balaban J connectivity index is 2.07. The lowest BCUT2D eigenvalue weighted by Gasteiger charge is -2.26. The predicted octanol–water partition coefficient (Wildman–Crippen LogP) is 3.62. The van der Waals surface area contributed by atoms with E-state index in [4.69, 9.17) is 15.2 Å². The van der Waals surface area contributed by atoms with Crippen molar-refractivity contribution in [2.45, 2.75) is 26.4 Å². The lowest BCUT2D eigenvalue weighted by Crippen LogP contribution is -2.25. The van der Waals surface area contributed by atoms with E-state index in [-0.39, 0.29) is 5.41 Å². The number of fused-ring (bicyclic) bond motifs is 1. The maximum Gasteiger partial charge on any atom is 0.405 e. The van der Waals surface area contributed by atoms with E-state index in [0.717, 1.165) is 5.56 Å². The van der Waals surface area contributed by atoms with Gasteiger partial charge in [0.05, 0.1) is 7.11 Å². The molecular formula is C18H19FN2O3. The van der Waals surface area contributed by atoms with Crippen molar-refractivity contribution in [2.24, 2.45) is 11.1 Å². The number of halogens is 1. The predicted molar refractivity (Wildman–Crippen MR) is 87.1 cm³/mol. The molecule has 1 amide bonds. The summed E-state index contributed by atoms with van der Waals surface area (Å²) in [5.41, 5.74) is 7.57. The first-order chi connectivity index (χ1) is 11.3. The number of nitrogens with two attached hydrogens (primary N) is 1. The third-order valence-corrected chi connectivity index (χ3v) is 4.36. The molecule has 1 atom stereocenters. The fourth-order valence-electron chi connectivity index (χ4n) is 3.28. The highest BCUT2D eigenvalue weighted by molar-refractivity contribution is 5.68. The number of amides is 1. The van der Waals surface area contributed by atoms with Gasteiger partial charge in [-0.25, -0.2) is 14.2 Å². The molecule has 0 aliphatic heterocycles. The Hall–Kier alpha value is -2.63. The van der Waals surface area contributed by atoms with Gasteiger partial charge >= 0.3 is 6.09 Å². The third-order valence-electron chi connectivity index (χ3n) is 4.36. The van der Waals surface area contributed by atoms with Crippen molar-refractivity contribution in [1.29, 1.82) is 0 Å². The van der Waals surface area contributed by atoms with Gasteiger partial charge in [0.15, 0.2) is 0 Å². The SMILES string of the molecule is COc1cc(-c2cc3c(cc2F)C(OC(N)=O)C(C)(C)C3)ccn1. The normalized spacial score (nSPS) is 18.1. The van der Waals surface area contributed by atoms with Crippen LogP contribution in [0.25, 0.3) is 11.1 Å². The second-order valence-corrected chi connectivity index (χ2v) is 6.60. The summed E-state index contributed by atoms with van der Waals surface area (Å²) in [5, 5.41) is 0. The summed E-state index contributed by atoms with van der Waals surface area (Å²) in [6.45, 7) is 3.93. The molecule has 1 aliphatic rings. The molecule has 0 fully saturated rings. The molecule has 0 radical (unpaired) electrons. The Labute approximate surface area is 139 Å². The van der Waals surface area contributed by atoms with Crippen molar-refractivity contribution in [3.05, 3.63) is 47.4 Å². The maximum atomic E-state index is 14.7. The summed E-state index contributed by atoms with van der Waals surface area (Å²) in [4.78, 5) is 15.2. The van der Waals surface area contributed by atoms with E-state index in [1.54, 1.807) is 24.4 Å². The number of benzene rings is 1. The van der Waals surface area contributed by atoms with Crippen LogP contribution in [0, 0.1) is 11.2 Å². The molecule has 5 nitrogen and oxygen atoms in total. The van der Waals surface area contributed by atoms with Crippen LogP contribution < -0.4 is 10.5 Å². The van der Waals surface area contributed by atoms with Crippen molar-refractivity contribution >= 4 is 6.09 Å². The minimum Gasteiger partial charge on any atom is -0.481 e. The molecule has 0 bridgehead atoms. The topological polar surface area (TPSA) is 74.4 Å². The van der Waals surface area contributed by atoms with Crippen molar-refractivity contribution in [3.63, 3.8) is 0 Å². The van der Waals surface area contributed by atoms with Gasteiger partial charge in [-0.2, -0.15) is 0 Å².